The highest BCUT2D eigenvalue weighted by Gasteiger charge is 2.61. The van der Waals surface area contributed by atoms with E-state index in [1.807, 2.05) is 13.0 Å². The van der Waals surface area contributed by atoms with Crippen molar-refractivity contribution in [1.29, 1.82) is 0 Å². The van der Waals surface area contributed by atoms with Crippen molar-refractivity contribution in [3.8, 4) is 5.75 Å². The molecule has 2 fully saturated rings. The fraction of sp³-hybridized carbons (Fsp3) is 0.192. The predicted molar refractivity (Wildman–Crippen MR) is 124 cm³/mol. The molecule has 0 spiro atoms. The van der Waals surface area contributed by atoms with E-state index in [9.17, 15) is 19.5 Å². The van der Waals surface area contributed by atoms with Gasteiger partial charge in [-0.15, -0.1) is 0 Å². The number of benzene rings is 3. The third-order valence-electron chi connectivity index (χ3n) is 6.04. The van der Waals surface area contributed by atoms with E-state index >= 15 is 0 Å². The van der Waals surface area contributed by atoms with Crippen LogP contribution in [0.25, 0.3) is 0 Å². The Morgan fingerprint density at radius 1 is 0.941 bits per heavy atom. The molecule has 2 heterocycles. The number of hydrogen-bond acceptors (Lipinski definition) is 6. The largest absolute Gasteiger partial charge is 0.492 e. The van der Waals surface area contributed by atoms with Gasteiger partial charge in [0.15, 0.2) is 6.10 Å². The molecule has 0 radical (unpaired) electrons. The average molecular weight is 458 g/mol. The van der Waals surface area contributed by atoms with E-state index in [2.05, 4.69) is 0 Å². The van der Waals surface area contributed by atoms with Gasteiger partial charge >= 0.3 is 5.97 Å². The molecule has 3 atom stereocenters. The van der Waals surface area contributed by atoms with E-state index in [0.29, 0.717) is 29.3 Å². The minimum Gasteiger partial charge on any atom is -0.492 e. The van der Waals surface area contributed by atoms with Gasteiger partial charge in [-0.25, -0.2) is 14.8 Å². The van der Waals surface area contributed by atoms with E-state index in [-0.39, 0.29) is 5.56 Å². The number of anilines is 2. The van der Waals surface area contributed by atoms with Crippen molar-refractivity contribution >= 4 is 29.2 Å². The summed E-state index contributed by atoms with van der Waals surface area (Å²) in [7, 11) is 0. The van der Waals surface area contributed by atoms with E-state index in [1.165, 1.54) is 11.1 Å². The van der Waals surface area contributed by atoms with Crippen LogP contribution in [0.3, 0.4) is 0 Å². The second-order valence-electron chi connectivity index (χ2n) is 7.96. The Bertz CT molecular complexity index is 1260. The summed E-state index contributed by atoms with van der Waals surface area (Å²) in [6.07, 6.45) is -1.10. The molecule has 2 saturated heterocycles. The molecule has 0 bridgehead atoms. The molecular formula is C26H22N2O6. The van der Waals surface area contributed by atoms with E-state index < -0.39 is 35.8 Å². The van der Waals surface area contributed by atoms with Gasteiger partial charge in [0.1, 0.15) is 11.7 Å². The molecule has 8 heteroatoms. The molecule has 3 aromatic rings. The normalized spacial score (nSPS) is 21.6. The molecule has 5 rings (SSSR count). The summed E-state index contributed by atoms with van der Waals surface area (Å²) in [4.78, 5) is 46.5. The van der Waals surface area contributed by atoms with Gasteiger partial charge in [0.25, 0.3) is 5.91 Å². The van der Waals surface area contributed by atoms with Gasteiger partial charge in [-0.2, -0.15) is 0 Å². The van der Waals surface area contributed by atoms with Gasteiger partial charge in [0.2, 0.25) is 5.91 Å². The molecule has 2 aliphatic heterocycles. The highest BCUT2D eigenvalue weighted by Crippen LogP contribution is 2.49. The summed E-state index contributed by atoms with van der Waals surface area (Å²) in [5.41, 5.74) is 1.40. The maximum atomic E-state index is 13.8. The summed E-state index contributed by atoms with van der Waals surface area (Å²) in [6.45, 7) is 2.19. The Balaban J connectivity index is 1.63. The summed E-state index contributed by atoms with van der Waals surface area (Å²) in [5.74, 6) is -2.64. The minimum atomic E-state index is -1.12. The number of carboxylic acids is 1. The molecule has 2 amide bonds. The van der Waals surface area contributed by atoms with Crippen LogP contribution in [0.4, 0.5) is 11.4 Å². The molecule has 0 aromatic heterocycles. The molecular weight excluding hydrogens is 436 g/mol. The van der Waals surface area contributed by atoms with Gasteiger partial charge < -0.3 is 9.84 Å². The molecule has 1 N–H and O–H groups in total. The van der Waals surface area contributed by atoms with Crippen LogP contribution in [0.1, 0.15) is 28.9 Å². The Morgan fingerprint density at radius 3 is 2.35 bits per heavy atom. The van der Waals surface area contributed by atoms with Crippen LogP contribution in [0.5, 0.6) is 5.75 Å². The van der Waals surface area contributed by atoms with E-state index in [1.54, 1.807) is 66.7 Å². The second-order valence-corrected chi connectivity index (χ2v) is 7.96. The molecule has 0 unspecified atom stereocenters. The quantitative estimate of drug-likeness (QED) is 0.561. The van der Waals surface area contributed by atoms with E-state index in [4.69, 9.17) is 9.57 Å². The van der Waals surface area contributed by atoms with Crippen LogP contribution >= 0.6 is 0 Å². The van der Waals surface area contributed by atoms with Crippen LogP contribution in [-0.2, 0) is 14.4 Å². The third-order valence-corrected chi connectivity index (χ3v) is 6.04. The number of fused-ring (bicyclic) bond motifs is 1. The van der Waals surface area contributed by atoms with Crippen molar-refractivity contribution in [2.45, 2.75) is 19.1 Å². The number of amides is 2. The highest BCUT2D eigenvalue weighted by atomic mass is 16.7. The first-order valence-corrected chi connectivity index (χ1v) is 11.0. The van der Waals surface area contributed by atoms with Crippen LogP contribution < -0.4 is 14.7 Å². The van der Waals surface area contributed by atoms with Crippen molar-refractivity contribution in [3.63, 3.8) is 0 Å². The Hall–Kier alpha value is -4.17. The molecule has 34 heavy (non-hydrogen) atoms. The van der Waals surface area contributed by atoms with Crippen LogP contribution in [-0.4, -0.2) is 35.6 Å². The number of hydroxylamine groups is 1. The lowest BCUT2D eigenvalue weighted by molar-refractivity contribution is -0.126. The number of carboxylic acid groups (broad SMARTS) is 1. The fourth-order valence-electron chi connectivity index (χ4n) is 4.64. The number of para-hydroxylation sites is 3. The fourth-order valence-corrected chi connectivity index (χ4v) is 4.64. The first kappa shape index (κ1) is 21.7. The lowest BCUT2D eigenvalue weighted by Gasteiger charge is -2.29. The van der Waals surface area contributed by atoms with E-state index in [0.717, 1.165) is 4.90 Å². The van der Waals surface area contributed by atoms with Crippen LogP contribution in [0.15, 0.2) is 78.9 Å². The monoisotopic (exact) mass is 458 g/mol. The van der Waals surface area contributed by atoms with Crippen molar-refractivity contribution < 1.29 is 29.1 Å². The summed E-state index contributed by atoms with van der Waals surface area (Å²) in [6, 6.07) is 21.5. The Kier molecular flexibility index (Phi) is 5.51. The van der Waals surface area contributed by atoms with Gasteiger partial charge in [0.05, 0.1) is 29.6 Å². The number of carbonyl (C=O) groups is 3. The number of hydrogen-bond donors (Lipinski definition) is 1. The molecule has 3 aromatic carbocycles. The predicted octanol–water partition coefficient (Wildman–Crippen LogP) is 3.83. The van der Waals surface area contributed by atoms with Crippen molar-refractivity contribution in [3.05, 3.63) is 90.0 Å². The highest BCUT2D eigenvalue weighted by molar-refractivity contribution is 6.24. The van der Waals surface area contributed by atoms with Crippen molar-refractivity contribution in [1.82, 2.24) is 0 Å². The zero-order valence-corrected chi connectivity index (χ0v) is 18.3. The second kappa shape index (κ2) is 8.64. The smallest absolute Gasteiger partial charge is 0.336 e. The molecule has 172 valence electrons. The first-order valence-electron chi connectivity index (χ1n) is 11.0. The number of imide groups is 1. The van der Waals surface area contributed by atoms with Gasteiger partial charge in [0, 0.05) is 0 Å². The van der Waals surface area contributed by atoms with Crippen LogP contribution in [0.2, 0.25) is 0 Å². The minimum absolute atomic E-state index is 0.0473. The zero-order chi connectivity index (χ0) is 23.8. The average Bonchev–Trinajstić information content (AvgIpc) is 3.36. The summed E-state index contributed by atoms with van der Waals surface area (Å²) < 4.78 is 5.65. The topological polar surface area (TPSA) is 96.4 Å². The standard InChI is InChI=1S/C26H22N2O6/c1-2-33-20-15-9-8-14-19(20)27-24(29)21-22(17-12-6-7-13-18(17)26(31)32)28(34-23(21)25(27)30)16-10-4-3-5-11-16/h3-15,21-23H,2H2,1H3,(H,31,32)/t21-,22-,23-/m1/s1. The Morgan fingerprint density at radius 2 is 1.62 bits per heavy atom. The van der Waals surface area contributed by atoms with Crippen molar-refractivity contribution in [2.24, 2.45) is 5.92 Å². The number of ether oxygens (including phenoxy) is 1. The summed E-state index contributed by atoms with van der Waals surface area (Å²) >= 11 is 0. The SMILES string of the molecule is CCOc1ccccc1N1C(=O)[C@@H]2[C@@H](c3ccccc3C(=O)O)N(c3ccccc3)O[C@H]2C1=O. The number of carbonyl (C=O) groups excluding carboxylic acids is 2. The van der Waals surface area contributed by atoms with Gasteiger partial charge in [-0.1, -0.05) is 48.5 Å². The molecule has 0 saturated carbocycles. The third kappa shape index (κ3) is 3.39. The maximum Gasteiger partial charge on any atom is 0.336 e. The molecule has 2 aliphatic rings. The lowest BCUT2D eigenvalue weighted by Crippen LogP contribution is -2.38. The zero-order valence-electron chi connectivity index (χ0n) is 18.3. The van der Waals surface area contributed by atoms with Gasteiger partial charge in [-0.3, -0.25) is 14.4 Å². The number of rotatable bonds is 6. The van der Waals surface area contributed by atoms with Crippen LogP contribution in [0, 0.1) is 5.92 Å². The van der Waals surface area contributed by atoms with Gasteiger partial charge in [-0.05, 0) is 42.8 Å². The molecule has 0 aliphatic carbocycles. The molecule has 8 nitrogen and oxygen atoms in total. The first-order chi connectivity index (χ1) is 16.5. The Labute approximate surface area is 195 Å². The number of aromatic carboxylic acids is 1. The maximum absolute atomic E-state index is 13.8. The lowest BCUT2D eigenvalue weighted by atomic mass is 9.88. The van der Waals surface area contributed by atoms with Crippen molar-refractivity contribution in [2.75, 3.05) is 16.6 Å². The number of nitrogens with zero attached hydrogens (tertiary/aromatic N) is 2. The summed E-state index contributed by atoms with van der Waals surface area (Å²) in [5, 5.41) is 11.3.